The maximum absolute atomic E-state index is 12.1. The highest BCUT2D eigenvalue weighted by Crippen LogP contribution is 2.20. The Kier molecular flexibility index (Phi) is 10.4. The van der Waals surface area contributed by atoms with Crippen molar-refractivity contribution in [2.24, 2.45) is 0 Å². The van der Waals surface area contributed by atoms with Crippen LogP contribution in [-0.4, -0.2) is 24.3 Å². The normalized spacial score (nSPS) is 10.3. The Labute approximate surface area is 187 Å². The number of rotatable bonds is 11. The molecule has 0 atom stereocenters. The number of hydrazine groups is 1. The largest absolute Gasteiger partial charge is 0.494 e. The summed E-state index contributed by atoms with van der Waals surface area (Å²) < 4.78 is 5.64. The second kappa shape index (κ2) is 13.3. The molecule has 0 unspecified atom stereocenters. The van der Waals surface area contributed by atoms with Gasteiger partial charge < -0.3 is 10.1 Å². The van der Waals surface area contributed by atoms with Gasteiger partial charge >= 0.3 is 0 Å². The zero-order valence-corrected chi connectivity index (χ0v) is 18.3. The Balaban J connectivity index is 1.67. The molecule has 0 spiro atoms. The zero-order valence-electron chi connectivity index (χ0n) is 17.6. The van der Waals surface area contributed by atoms with Crippen LogP contribution in [0.4, 0.5) is 5.69 Å². The zero-order chi connectivity index (χ0) is 22.5. The number of para-hydroxylation sites is 1. The number of anilines is 1. The molecule has 0 aromatic heterocycles. The molecular formula is C23H28ClN3O4. The summed E-state index contributed by atoms with van der Waals surface area (Å²) in [5.74, 6) is -0.584. The van der Waals surface area contributed by atoms with E-state index in [0.29, 0.717) is 28.6 Å². The van der Waals surface area contributed by atoms with E-state index >= 15 is 0 Å². The van der Waals surface area contributed by atoms with Crippen LogP contribution in [0.5, 0.6) is 5.75 Å². The summed E-state index contributed by atoms with van der Waals surface area (Å²) in [4.78, 5) is 36.0. The van der Waals surface area contributed by atoms with Gasteiger partial charge in [0.05, 0.1) is 17.3 Å². The molecule has 3 N–H and O–H groups in total. The van der Waals surface area contributed by atoms with Gasteiger partial charge in [-0.15, -0.1) is 0 Å². The smallest absolute Gasteiger partial charge is 0.269 e. The van der Waals surface area contributed by atoms with E-state index in [0.717, 1.165) is 12.8 Å². The molecule has 0 saturated carbocycles. The fraction of sp³-hybridized carbons (Fsp3) is 0.348. The van der Waals surface area contributed by atoms with Gasteiger partial charge in [-0.05, 0) is 42.8 Å². The van der Waals surface area contributed by atoms with Gasteiger partial charge in [0, 0.05) is 18.4 Å². The Bertz CT molecular complexity index is 871. The maximum atomic E-state index is 12.1. The first-order chi connectivity index (χ1) is 15.0. The van der Waals surface area contributed by atoms with Gasteiger partial charge in [-0.2, -0.15) is 0 Å². The van der Waals surface area contributed by atoms with Gasteiger partial charge in [0.2, 0.25) is 11.8 Å². The van der Waals surface area contributed by atoms with Gasteiger partial charge in [-0.1, -0.05) is 49.9 Å². The molecule has 0 aliphatic heterocycles. The Morgan fingerprint density at radius 1 is 0.871 bits per heavy atom. The number of hydrogen-bond acceptors (Lipinski definition) is 4. The number of ether oxygens (including phenoxy) is 1. The topological polar surface area (TPSA) is 96.5 Å². The summed E-state index contributed by atoms with van der Waals surface area (Å²) in [6.07, 6.45) is 4.38. The molecule has 0 fully saturated rings. The molecular weight excluding hydrogens is 418 g/mol. The first kappa shape index (κ1) is 24.2. The fourth-order valence-electron chi connectivity index (χ4n) is 2.68. The minimum Gasteiger partial charge on any atom is -0.494 e. The molecule has 0 radical (unpaired) electrons. The summed E-state index contributed by atoms with van der Waals surface area (Å²) in [7, 11) is 0. The molecule has 0 aliphatic rings. The van der Waals surface area contributed by atoms with Crippen LogP contribution in [0.1, 0.15) is 55.8 Å². The van der Waals surface area contributed by atoms with Crippen molar-refractivity contribution in [2.45, 2.75) is 45.4 Å². The van der Waals surface area contributed by atoms with Crippen molar-refractivity contribution in [1.82, 2.24) is 10.9 Å². The van der Waals surface area contributed by atoms with Crippen molar-refractivity contribution in [2.75, 3.05) is 11.9 Å². The molecule has 2 rings (SSSR count). The van der Waals surface area contributed by atoms with Crippen molar-refractivity contribution in [3.05, 3.63) is 59.1 Å². The van der Waals surface area contributed by atoms with Crippen molar-refractivity contribution >= 4 is 35.0 Å². The van der Waals surface area contributed by atoms with Crippen molar-refractivity contribution in [1.29, 1.82) is 0 Å². The lowest BCUT2D eigenvalue weighted by atomic mass is 10.2. The number of carbonyl (C=O) groups excluding carboxylic acids is 3. The molecule has 2 aromatic carbocycles. The first-order valence-corrected chi connectivity index (χ1v) is 10.7. The summed E-state index contributed by atoms with van der Waals surface area (Å²) in [6, 6.07) is 13.5. The number of benzene rings is 2. The summed E-state index contributed by atoms with van der Waals surface area (Å²) >= 11 is 5.98. The minimum absolute atomic E-state index is 0.0444. The monoisotopic (exact) mass is 445 g/mol. The molecule has 31 heavy (non-hydrogen) atoms. The van der Waals surface area contributed by atoms with Crippen LogP contribution >= 0.6 is 11.6 Å². The van der Waals surface area contributed by atoms with Gasteiger partial charge in [0.15, 0.2) is 0 Å². The number of amides is 3. The molecule has 7 nitrogen and oxygen atoms in total. The quantitative estimate of drug-likeness (QED) is 0.351. The third-order valence-corrected chi connectivity index (χ3v) is 4.76. The molecule has 8 heteroatoms. The fourth-order valence-corrected chi connectivity index (χ4v) is 2.87. The third kappa shape index (κ3) is 9.09. The van der Waals surface area contributed by atoms with Crippen LogP contribution < -0.4 is 20.9 Å². The van der Waals surface area contributed by atoms with E-state index in [9.17, 15) is 14.4 Å². The lowest BCUT2D eigenvalue weighted by Crippen LogP contribution is -2.41. The number of unbranched alkanes of at least 4 members (excludes halogenated alkanes) is 3. The average Bonchev–Trinajstić information content (AvgIpc) is 2.78. The molecule has 3 amide bonds. The maximum Gasteiger partial charge on any atom is 0.269 e. The molecule has 0 bridgehead atoms. The molecule has 0 aliphatic carbocycles. The predicted molar refractivity (Wildman–Crippen MR) is 121 cm³/mol. The van der Waals surface area contributed by atoms with Crippen LogP contribution in [0, 0.1) is 0 Å². The van der Waals surface area contributed by atoms with Crippen molar-refractivity contribution < 1.29 is 19.1 Å². The number of nitrogens with one attached hydrogen (secondary N) is 3. The van der Waals surface area contributed by atoms with E-state index in [1.807, 2.05) is 0 Å². The van der Waals surface area contributed by atoms with E-state index in [-0.39, 0.29) is 18.7 Å². The van der Waals surface area contributed by atoms with Crippen LogP contribution in [0.3, 0.4) is 0 Å². The Morgan fingerprint density at radius 3 is 2.29 bits per heavy atom. The number of halogens is 1. The van der Waals surface area contributed by atoms with Crippen LogP contribution in [0.15, 0.2) is 48.5 Å². The van der Waals surface area contributed by atoms with Gasteiger partial charge in [-0.25, -0.2) is 0 Å². The standard InChI is InChI=1S/C23H28ClN3O4/c1-2-3-4-7-16-31-18-12-10-17(11-13-18)23(30)27-26-22(29)15-14-21(28)25-20-9-6-5-8-19(20)24/h5-6,8-13H,2-4,7,14-16H2,1H3,(H,25,28)(H,26,29)(H,27,30). The summed E-state index contributed by atoms with van der Waals surface area (Å²) in [5, 5.41) is 3.05. The highest BCUT2D eigenvalue weighted by Gasteiger charge is 2.11. The van der Waals surface area contributed by atoms with Crippen molar-refractivity contribution in [3.63, 3.8) is 0 Å². The van der Waals surface area contributed by atoms with Crippen LogP contribution in [0.2, 0.25) is 5.02 Å². The van der Waals surface area contributed by atoms with E-state index < -0.39 is 11.8 Å². The predicted octanol–water partition coefficient (Wildman–Crippen LogP) is 4.48. The molecule has 166 valence electrons. The molecule has 0 saturated heterocycles. The summed E-state index contributed by atoms with van der Waals surface area (Å²) in [6.45, 7) is 2.80. The SMILES string of the molecule is CCCCCCOc1ccc(C(=O)NNC(=O)CCC(=O)Nc2ccccc2Cl)cc1. The third-order valence-electron chi connectivity index (χ3n) is 4.43. The highest BCUT2D eigenvalue weighted by molar-refractivity contribution is 6.33. The Hall–Kier alpha value is -3.06. The average molecular weight is 446 g/mol. The second-order valence-electron chi connectivity index (χ2n) is 6.96. The van der Waals surface area contributed by atoms with Gasteiger partial charge in [0.1, 0.15) is 5.75 Å². The van der Waals surface area contributed by atoms with E-state index in [2.05, 4.69) is 23.1 Å². The van der Waals surface area contributed by atoms with Crippen LogP contribution in [-0.2, 0) is 9.59 Å². The Morgan fingerprint density at radius 2 is 1.58 bits per heavy atom. The number of hydrogen-bond donors (Lipinski definition) is 3. The second-order valence-corrected chi connectivity index (χ2v) is 7.37. The van der Waals surface area contributed by atoms with Crippen LogP contribution in [0.25, 0.3) is 0 Å². The summed E-state index contributed by atoms with van der Waals surface area (Å²) in [5.41, 5.74) is 5.51. The minimum atomic E-state index is -0.477. The molecule has 0 heterocycles. The van der Waals surface area contributed by atoms with E-state index in [1.54, 1.807) is 48.5 Å². The lowest BCUT2D eigenvalue weighted by molar-refractivity contribution is -0.124. The highest BCUT2D eigenvalue weighted by atomic mass is 35.5. The van der Waals surface area contributed by atoms with Gasteiger partial charge in [0.25, 0.3) is 5.91 Å². The number of carbonyl (C=O) groups is 3. The van der Waals surface area contributed by atoms with Crippen molar-refractivity contribution in [3.8, 4) is 5.75 Å². The van der Waals surface area contributed by atoms with E-state index in [4.69, 9.17) is 16.3 Å². The lowest BCUT2D eigenvalue weighted by Gasteiger charge is -2.09. The molecule has 2 aromatic rings. The first-order valence-electron chi connectivity index (χ1n) is 10.4. The van der Waals surface area contributed by atoms with Gasteiger partial charge in [-0.3, -0.25) is 25.2 Å². The van der Waals surface area contributed by atoms with E-state index in [1.165, 1.54) is 12.8 Å².